The third-order valence-electron chi connectivity index (χ3n) is 1.75. The second-order valence-corrected chi connectivity index (χ2v) is 3.86. The molecule has 0 saturated heterocycles. The van der Waals surface area contributed by atoms with Gasteiger partial charge in [0.1, 0.15) is 0 Å². The minimum atomic E-state index is -4.36. The molecular formula is C7H14ClF3N2OS. The Hall–Kier alpha value is -0.140. The van der Waals surface area contributed by atoms with Crippen molar-refractivity contribution < 1.29 is 18.0 Å². The molecule has 92 valence electrons. The van der Waals surface area contributed by atoms with Crippen LogP contribution in [0.5, 0.6) is 0 Å². The summed E-state index contributed by atoms with van der Waals surface area (Å²) in [5, 5.41) is 0. The lowest BCUT2D eigenvalue weighted by Gasteiger charge is -2.23. The number of carbonyl (C=O) groups is 1. The molecular weight excluding hydrogens is 253 g/mol. The molecule has 0 saturated carbocycles. The molecule has 0 aromatic rings. The molecule has 0 radical (unpaired) electrons. The fourth-order valence-electron chi connectivity index (χ4n) is 0.649. The van der Waals surface area contributed by atoms with Gasteiger partial charge in [-0.25, -0.2) is 0 Å². The van der Waals surface area contributed by atoms with Gasteiger partial charge in [0.2, 0.25) is 5.91 Å². The zero-order valence-electron chi connectivity index (χ0n) is 8.37. The fraction of sp³-hybridized carbons (Fsp3) is 0.857. The maximum atomic E-state index is 11.7. The van der Waals surface area contributed by atoms with E-state index in [0.717, 1.165) is 0 Å². The molecule has 0 aromatic carbocycles. The highest BCUT2D eigenvalue weighted by Gasteiger charge is 2.30. The Bertz CT molecular complexity index is 203. The van der Waals surface area contributed by atoms with E-state index >= 15 is 0 Å². The van der Waals surface area contributed by atoms with Crippen molar-refractivity contribution in [2.45, 2.75) is 18.5 Å². The average Bonchev–Trinajstić information content (AvgIpc) is 2.10. The van der Waals surface area contributed by atoms with Crippen molar-refractivity contribution in [2.24, 2.45) is 5.73 Å². The van der Waals surface area contributed by atoms with Crippen molar-refractivity contribution in [2.75, 3.05) is 19.3 Å². The quantitative estimate of drug-likeness (QED) is 0.838. The van der Waals surface area contributed by atoms with Gasteiger partial charge in [0.25, 0.3) is 0 Å². The third-order valence-corrected chi connectivity index (χ3v) is 2.47. The molecule has 0 aliphatic carbocycles. The molecule has 1 atom stereocenters. The number of thioether (sulfide) groups is 1. The molecule has 0 bridgehead atoms. The van der Waals surface area contributed by atoms with Crippen LogP contribution in [0.4, 0.5) is 13.2 Å². The van der Waals surface area contributed by atoms with Crippen LogP contribution in [-0.2, 0) is 4.79 Å². The monoisotopic (exact) mass is 266 g/mol. The van der Waals surface area contributed by atoms with E-state index in [0.29, 0.717) is 0 Å². The van der Waals surface area contributed by atoms with E-state index < -0.39 is 17.2 Å². The summed E-state index contributed by atoms with van der Waals surface area (Å²) in [6.45, 7) is 1.91. The Kier molecular flexibility index (Phi) is 8.27. The molecule has 0 aromatic heterocycles. The van der Waals surface area contributed by atoms with Crippen LogP contribution < -0.4 is 5.73 Å². The number of likely N-dealkylation sites (N-methyl/N-ethyl adjacent to an activating group) is 1. The average molecular weight is 267 g/mol. The molecule has 3 nitrogen and oxygen atoms in total. The summed E-state index contributed by atoms with van der Waals surface area (Å²) in [5.41, 5.74) is 0.911. The molecule has 0 aliphatic heterocycles. The summed E-state index contributed by atoms with van der Waals surface area (Å²) < 4.78 is 35.2. The van der Waals surface area contributed by atoms with E-state index in [2.05, 4.69) is 0 Å². The summed E-state index contributed by atoms with van der Waals surface area (Å²) in [6, 6.07) is -0.240. The maximum Gasteiger partial charge on any atom is 0.442 e. The van der Waals surface area contributed by atoms with E-state index in [4.69, 9.17) is 5.73 Å². The maximum absolute atomic E-state index is 11.7. The number of rotatable bonds is 4. The van der Waals surface area contributed by atoms with Gasteiger partial charge in [0.15, 0.2) is 0 Å². The fourth-order valence-corrected chi connectivity index (χ4v) is 1.14. The smallest absolute Gasteiger partial charge is 0.341 e. The lowest BCUT2D eigenvalue weighted by molar-refractivity contribution is -0.128. The summed E-state index contributed by atoms with van der Waals surface area (Å²) >= 11 is -0.334. The van der Waals surface area contributed by atoms with Crippen molar-refractivity contribution >= 4 is 30.1 Å². The van der Waals surface area contributed by atoms with E-state index in [1.165, 1.54) is 11.9 Å². The van der Waals surface area contributed by atoms with E-state index in [1.54, 1.807) is 6.92 Å². The Morgan fingerprint density at radius 3 is 2.33 bits per heavy atom. The molecule has 0 fully saturated rings. The van der Waals surface area contributed by atoms with Gasteiger partial charge in [0, 0.05) is 19.6 Å². The minimum Gasteiger partial charge on any atom is -0.341 e. The van der Waals surface area contributed by atoms with E-state index in [-0.39, 0.29) is 36.8 Å². The Labute approximate surface area is 97.0 Å². The molecule has 0 heterocycles. The molecule has 2 N–H and O–H groups in total. The predicted molar refractivity (Wildman–Crippen MR) is 57.0 cm³/mol. The number of nitrogens with zero attached hydrogens (tertiary/aromatic N) is 1. The Balaban J connectivity index is 0. The van der Waals surface area contributed by atoms with Crippen LogP contribution in [0.2, 0.25) is 0 Å². The number of hydrogen-bond donors (Lipinski definition) is 1. The Morgan fingerprint density at radius 1 is 1.53 bits per heavy atom. The van der Waals surface area contributed by atoms with E-state index in [1.807, 2.05) is 0 Å². The Morgan fingerprint density at radius 2 is 2.00 bits per heavy atom. The van der Waals surface area contributed by atoms with Gasteiger partial charge in [-0.3, -0.25) is 4.79 Å². The van der Waals surface area contributed by atoms with Gasteiger partial charge < -0.3 is 10.6 Å². The van der Waals surface area contributed by atoms with Crippen LogP contribution in [-0.4, -0.2) is 41.7 Å². The van der Waals surface area contributed by atoms with Crippen LogP contribution in [0.1, 0.15) is 6.92 Å². The number of alkyl halides is 3. The third kappa shape index (κ3) is 7.75. The minimum absolute atomic E-state index is 0. The summed E-state index contributed by atoms with van der Waals surface area (Å²) in [7, 11) is 1.44. The van der Waals surface area contributed by atoms with Crippen molar-refractivity contribution in [3.8, 4) is 0 Å². The zero-order valence-corrected chi connectivity index (χ0v) is 10.0. The standard InChI is InChI=1S/C7H13F3N2OS.ClH/c1-5(3-11)12(2)6(13)4-14-7(8,9)10;/h5H,3-4,11H2,1-2H3;1H. The second kappa shape index (κ2) is 7.19. The largest absolute Gasteiger partial charge is 0.442 e. The number of nitrogens with two attached hydrogens (primary N) is 1. The molecule has 15 heavy (non-hydrogen) atoms. The van der Waals surface area contributed by atoms with Crippen LogP contribution in [0, 0.1) is 0 Å². The number of hydrogen-bond acceptors (Lipinski definition) is 3. The second-order valence-electron chi connectivity index (χ2n) is 2.82. The highest BCUT2D eigenvalue weighted by atomic mass is 35.5. The highest BCUT2D eigenvalue weighted by Crippen LogP contribution is 2.30. The van der Waals surface area contributed by atoms with Gasteiger partial charge in [-0.15, -0.1) is 12.4 Å². The molecule has 1 amide bonds. The van der Waals surface area contributed by atoms with Crippen LogP contribution in [0.3, 0.4) is 0 Å². The first kappa shape index (κ1) is 17.3. The first-order chi connectivity index (χ1) is 6.28. The van der Waals surface area contributed by atoms with Gasteiger partial charge in [0.05, 0.1) is 5.75 Å². The summed E-state index contributed by atoms with van der Waals surface area (Å²) in [5.74, 6) is -1.16. The molecule has 8 heteroatoms. The summed E-state index contributed by atoms with van der Waals surface area (Å²) in [6.07, 6.45) is 0. The predicted octanol–water partition coefficient (Wildman–Crippen LogP) is 1.47. The zero-order chi connectivity index (χ0) is 11.4. The first-order valence-electron chi connectivity index (χ1n) is 3.94. The lowest BCUT2D eigenvalue weighted by Crippen LogP contribution is -2.40. The SMILES string of the molecule is CC(CN)N(C)C(=O)CSC(F)(F)F.Cl. The van der Waals surface area contributed by atoms with Gasteiger partial charge in [-0.1, -0.05) is 0 Å². The molecule has 1 unspecified atom stereocenters. The van der Waals surface area contributed by atoms with E-state index in [9.17, 15) is 18.0 Å². The normalized spacial score (nSPS) is 12.9. The van der Waals surface area contributed by atoms with Gasteiger partial charge in [-0.2, -0.15) is 13.2 Å². The van der Waals surface area contributed by atoms with Crippen LogP contribution in [0.15, 0.2) is 0 Å². The van der Waals surface area contributed by atoms with Crippen molar-refractivity contribution in [1.82, 2.24) is 4.90 Å². The van der Waals surface area contributed by atoms with Crippen molar-refractivity contribution in [1.29, 1.82) is 0 Å². The first-order valence-corrected chi connectivity index (χ1v) is 4.93. The highest BCUT2D eigenvalue weighted by molar-refractivity contribution is 8.00. The summed E-state index contributed by atoms with van der Waals surface area (Å²) in [4.78, 5) is 12.4. The van der Waals surface area contributed by atoms with Crippen molar-refractivity contribution in [3.05, 3.63) is 0 Å². The number of carbonyl (C=O) groups excluding carboxylic acids is 1. The van der Waals surface area contributed by atoms with Gasteiger partial charge >= 0.3 is 5.51 Å². The molecule has 0 spiro atoms. The number of halogens is 4. The molecule has 0 aliphatic rings. The van der Waals surface area contributed by atoms with Gasteiger partial charge in [-0.05, 0) is 18.7 Å². The molecule has 0 rings (SSSR count). The lowest BCUT2D eigenvalue weighted by atomic mass is 10.3. The van der Waals surface area contributed by atoms with Crippen LogP contribution in [0.25, 0.3) is 0 Å². The van der Waals surface area contributed by atoms with Crippen LogP contribution >= 0.6 is 24.2 Å². The topological polar surface area (TPSA) is 46.3 Å². The number of amides is 1. The van der Waals surface area contributed by atoms with Crippen molar-refractivity contribution in [3.63, 3.8) is 0 Å².